The Balaban J connectivity index is 2.07. The molecule has 28 heavy (non-hydrogen) atoms. The Morgan fingerprint density at radius 1 is 1.07 bits per heavy atom. The Kier molecular flexibility index (Phi) is 4.50. The third-order valence-corrected chi connectivity index (χ3v) is 4.71. The third-order valence-electron chi connectivity index (χ3n) is 4.71. The van der Waals surface area contributed by atoms with E-state index in [2.05, 4.69) is 4.98 Å². The summed E-state index contributed by atoms with van der Waals surface area (Å²) in [7, 11) is 1.58. The molecule has 0 aliphatic heterocycles. The second-order valence-corrected chi connectivity index (χ2v) is 7.24. The number of pyridine rings is 1. The average molecular weight is 378 g/mol. The Labute approximate surface area is 161 Å². The van der Waals surface area contributed by atoms with Crippen LogP contribution in [-0.2, 0) is 13.1 Å². The number of benzene rings is 1. The maximum Gasteiger partial charge on any atom is 0.333 e. The molecule has 1 aromatic carbocycles. The molecule has 0 bridgehead atoms. The van der Waals surface area contributed by atoms with Crippen molar-refractivity contribution in [3.63, 3.8) is 0 Å². The second kappa shape index (κ2) is 6.99. The second-order valence-electron chi connectivity index (χ2n) is 7.24. The molecule has 3 heterocycles. The molecule has 0 radical (unpaired) electrons. The van der Waals surface area contributed by atoms with E-state index >= 15 is 0 Å². The van der Waals surface area contributed by atoms with Crippen molar-refractivity contribution >= 4 is 16.8 Å². The predicted octanol–water partition coefficient (Wildman–Crippen LogP) is 2.52. The molecule has 0 fully saturated rings. The van der Waals surface area contributed by atoms with E-state index in [1.54, 1.807) is 34.4 Å². The minimum atomic E-state index is -0.342. The number of hydrogen-bond donors (Lipinski definition) is 0. The molecule has 0 unspecified atom stereocenters. The molecule has 0 aliphatic rings. The summed E-state index contributed by atoms with van der Waals surface area (Å²) in [6.07, 6.45) is 1.75. The van der Waals surface area contributed by atoms with Crippen molar-refractivity contribution in [1.29, 1.82) is 0 Å². The van der Waals surface area contributed by atoms with Gasteiger partial charge in [-0.05, 0) is 17.5 Å². The van der Waals surface area contributed by atoms with Gasteiger partial charge in [-0.2, -0.15) is 0 Å². The maximum atomic E-state index is 13.2. The van der Waals surface area contributed by atoms with Crippen molar-refractivity contribution in [1.82, 2.24) is 18.5 Å². The molecule has 7 nitrogen and oxygen atoms in total. The zero-order chi connectivity index (χ0) is 19.8. The van der Waals surface area contributed by atoms with Crippen LogP contribution < -0.4 is 16.0 Å². The maximum absolute atomic E-state index is 13.2. The topological polar surface area (TPSA) is 70.5 Å². The number of methoxy groups -OCH3 is 1. The summed E-state index contributed by atoms with van der Waals surface area (Å²) < 4.78 is 9.88. The van der Waals surface area contributed by atoms with Crippen LogP contribution in [0.15, 0.2) is 58.3 Å². The van der Waals surface area contributed by atoms with Crippen molar-refractivity contribution in [2.75, 3.05) is 7.11 Å². The van der Waals surface area contributed by atoms with E-state index in [0.29, 0.717) is 35.7 Å². The van der Waals surface area contributed by atoms with Crippen LogP contribution in [0, 0.1) is 5.92 Å². The summed E-state index contributed by atoms with van der Waals surface area (Å²) in [6.45, 7) is 4.66. The van der Waals surface area contributed by atoms with Gasteiger partial charge in [0.05, 0.1) is 13.7 Å². The summed E-state index contributed by atoms with van der Waals surface area (Å²) in [4.78, 5) is 31.0. The molecule has 4 aromatic rings. The van der Waals surface area contributed by atoms with Gasteiger partial charge in [0.2, 0.25) is 0 Å². The van der Waals surface area contributed by atoms with E-state index in [1.165, 1.54) is 4.57 Å². The van der Waals surface area contributed by atoms with Gasteiger partial charge in [0, 0.05) is 18.8 Å². The quantitative estimate of drug-likeness (QED) is 0.535. The van der Waals surface area contributed by atoms with E-state index in [4.69, 9.17) is 4.74 Å². The van der Waals surface area contributed by atoms with Crippen molar-refractivity contribution < 1.29 is 4.74 Å². The lowest BCUT2D eigenvalue weighted by atomic mass is 10.2. The van der Waals surface area contributed by atoms with E-state index in [1.807, 2.05) is 44.2 Å². The molecule has 0 N–H and O–H groups in total. The van der Waals surface area contributed by atoms with Gasteiger partial charge >= 0.3 is 5.69 Å². The lowest BCUT2D eigenvalue weighted by molar-refractivity contribution is 0.414. The molecule has 0 saturated heterocycles. The van der Waals surface area contributed by atoms with Gasteiger partial charge in [0.1, 0.15) is 11.4 Å². The summed E-state index contributed by atoms with van der Waals surface area (Å²) >= 11 is 0. The fourth-order valence-electron chi connectivity index (χ4n) is 3.41. The molecule has 0 atom stereocenters. The van der Waals surface area contributed by atoms with Gasteiger partial charge in [0.25, 0.3) is 5.56 Å². The van der Waals surface area contributed by atoms with Gasteiger partial charge in [0.15, 0.2) is 11.2 Å². The molecule has 0 amide bonds. The Morgan fingerprint density at radius 3 is 2.50 bits per heavy atom. The standard InChI is InChI=1S/C21H22N4O3/c1-14(2)12-25-20(26)18-19(22-17-11-16(28-3)9-10-23(17)18)24(21(25)27)13-15-7-5-4-6-8-15/h4-11,14H,12-13H2,1-3H3. The average Bonchev–Trinajstić information content (AvgIpc) is 3.07. The van der Waals surface area contributed by atoms with Crippen LogP contribution >= 0.6 is 0 Å². The van der Waals surface area contributed by atoms with Gasteiger partial charge in [-0.1, -0.05) is 44.2 Å². The lowest BCUT2D eigenvalue weighted by Crippen LogP contribution is -2.41. The molecule has 7 heteroatoms. The Bertz CT molecular complexity index is 1270. The van der Waals surface area contributed by atoms with Crippen LogP contribution in [0.2, 0.25) is 0 Å². The monoisotopic (exact) mass is 378 g/mol. The van der Waals surface area contributed by atoms with Crippen molar-refractivity contribution in [2.24, 2.45) is 5.92 Å². The SMILES string of the molecule is COc1ccn2c(c1)nc1c2c(=O)n(CC(C)C)c(=O)n1Cc1ccccc1. The molecular formula is C21H22N4O3. The van der Waals surface area contributed by atoms with Gasteiger partial charge in [-0.3, -0.25) is 18.3 Å². The molecule has 3 aromatic heterocycles. The first-order valence-electron chi connectivity index (χ1n) is 9.23. The molecule has 144 valence electrons. The summed E-state index contributed by atoms with van der Waals surface area (Å²) in [5, 5.41) is 0. The number of nitrogens with zero attached hydrogens (tertiary/aromatic N) is 4. The highest BCUT2D eigenvalue weighted by Crippen LogP contribution is 2.18. The number of imidazole rings is 1. The van der Waals surface area contributed by atoms with Crippen LogP contribution in [0.4, 0.5) is 0 Å². The Morgan fingerprint density at radius 2 is 1.82 bits per heavy atom. The van der Waals surface area contributed by atoms with Crippen LogP contribution in [-0.4, -0.2) is 25.6 Å². The van der Waals surface area contributed by atoms with Crippen LogP contribution in [0.25, 0.3) is 16.8 Å². The highest BCUT2D eigenvalue weighted by Gasteiger charge is 2.19. The number of rotatable bonds is 5. The Hall–Kier alpha value is -3.35. The number of aromatic nitrogens is 4. The number of hydrogen-bond acceptors (Lipinski definition) is 4. The van der Waals surface area contributed by atoms with Crippen LogP contribution in [0.5, 0.6) is 5.75 Å². The fourth-order valence-corrected chi connectivity index (χ4v) is 3.41. The normalized spacial score (nSPS) is 11.6. The van der Waals surface area contributed by atoms with Crippen LogP contribution in [0.3, 0.4) is 0 Å². The minimum absolute atomic E-state index is 0.160. The lowest BCUT2D eigenvalue weighted by Gasteiger charge is -2.13. The first-order valence-corrected chi connectivity index (χ1v) is 9.23. The largest absolute Gasteiger partial charge is 0.497 e. The smallest absolute Gasteiger partial charge is 0.333 e. The zero-order valence-corrected chi connectivity index (χ0v) is 16.1. The molecule has 0 saturated carbocycles. The van der Waals surface area contributed by atoms with E-state index in [-0.39, 0.29) is 17.2 Å². The van der Waals surface area contributed by atoms with Crippen LogP contribution in [0.1, 0.15) is 19.4 Å². The van der Waals surface area contributed by atoms with Gasteiger partial charge in [-0.25, -0.2) is 9.78 Å². The van der Waals surface area contributed by atoms with E-state index in [0.717, 1.165) is 5.56 Å². The summed E-state index contributed by atoms with van der Waals surface area (Å²) in [6, 6.07) is 13.2. The molecular weight excluding hydrogens is 356 g/mol. The summed E-state index contributed by atoms with van der Waals surface area (Å²) in [5.41, 5.74) is 1.65. The van der Waals surface area contributed by atoms with Crippen molar-refractivity contribution in [3.05, 3.63) is 75.1 Å². The minimum Gasteiger partial charge on any atom is -0.497 e. The highest BCUT2D eigenvalue weighted by atomic mass is 16.5. The first kappa shape index (κ1) is 18.0. The fraction of sp³-hybridized carbons (Fsp3) is 0.286. The third kappa shape index (κ3) is 2.98. The number of ether oxygens (including phenoxy) is 1. The van der Waals surface area contributed by atoms with Crippen molar-refractivity contribution in [2.45, 2.75) is 26.9 Å². The van der Waals surface area contributed by atoms with E-state index < -0.39 is 0 Å². The summed E-state index contributed by atoms with van der Waals surface area (Å²) in [5.74, 6) is 0.801. The zero-order valence-electron chi connectivity index (χ0n) is 16.1. The first-order chi connectivity index (χ1) is 13.5. The van der Waals surface area contributed by atoms with Gasteiger partial charge < -0.3 is 4.74 Å². The van der Waals surface area contributed by atoms with Gasteiger partial charge in [-0.15, -0.1) is 0 Å². The highest BCUT2D eigenvalue weighted by molar-refractivity contribution is 5.77. The van der Waals surface area contributed by atoms with E-state index in [9.17, 15) is 9.59 Å². The molecule has 4 rings (SSSR count). The van der Waals surface area contributed by atoms with Crippen molar-refractivity contribution in [3.8, 4) is 5.75 Å². The predicted molar refractivity (Wildman–Crippen MR) is 108 cm³/mol. The molecule has 0 aliphatic carbocycles. The molecule has 0 spiro atoms. The number of fused-ring (bicyclic) bond motifs is 3.